The molecule has 0 aromatic heterocycles. The summed E-state index contributed by atoms with van der Waals surface area (Å²) in [6.45, 7) is 6.78. The molecule has 19 heavy (non-hydrogen) atoms. The zero-order valence-corrected chi connectivity index (χ0v) is 13.0. The molecule has 1 unspecified atom stereocenters. The molecule has 1 aliphatic rings. The Hall–Kier alpha value is -0.820. The Labute approximate surface area is 118 Å². The standard InChI is InChI=1S/C18H29N/c1-5-15-8-10-16(11-9-15)18(19-4)17-12-13(2)6-7-14(17)3/h6-7,12,15-16,18-19H,5,8-11H2,1-4H3. The largest absolute Gasteiger partial charge is 0.313 e. The summed E-state index contributed by atoms with van der Waals surface area (Å²) in [5.41, 5.74) is 4.33. The molecule has 1 aliphatic carbocycles. The highest BCUT2D eigenvalue weighted by Gasteiger charge is 2.27. The van der Waals surface area contributed by atoms with Crippen molar-refractivity contribution in [3.63, 3.8) is 0 Å². The lowest BCUT2D eigenvalue weighted by Gasteiger charge is -2.34. The second-order valence-corrected chi connectivity index (χ2v) is 6.32. The zero-order chi connectivity index (χ0) is 13.8. The van der Waals surface area contributed by atoms with Crippen molar-refractivity contribution >= 4 is 0 Å². The van der Waals surface area contributed by atoms with Gasteiger partial charge in [-0.05, 0) is 56.7 Å². The number of nitrogens with one attached hydrogen (secondary N) is 1. The van der Waals surface area contributed by atoms with Crippen molar-refractivity contribution in [3.8, 4) is 0 Å². The lowest BCUT2D eigenvalue weighted by Crippen LogP contribution is -2.29. The van der Waals surface area contributed by atoms with Crippen LogP contribution >= 0.6 is 0 Å². The summed E-state index contributed by atoms with van der Waals surface area (Å²) in [4.78, 5) is 0. The average molecular weight is 259 g/mol. The van der Waals surface area contributed by atoms with Crippen molar-refractivity contribution < 1.29 is 0 Å². The third kappa shape index (κ3) is 3.39. The van der Waals surface area contributed by atoms with Gasteiger partial charge in [0, 0.05) is 6.04 Å². The topological polar surface area (TPSA) is 12.0 Å². The molecule has 1 N–H and O–H groups in total. The van der Waals surface area contributed by atoms with E-state index in [0.29, 0.717) is 6.04 Å². The molecule has 1 saturated carbocycles. The van der Waals surface area contributed by atoms with Crippen LogP contribution in [0.25, 0.3) is 0 Å². The van der Waals surface area contributed by atoms with E-state index >= 15 is 0 Å². The molecule has 0 aliphatic heterocycles. The van der Waals surface area contributed by atoms with Crippen LogP contribution in [0.15, 0.2) is 18.2 Å². The van der Waals surface area contributed by atoms with Crippen LogP contribution in [0.5, 0.6) is 0 Å². The minimum Gasteiger partial charge on any atom is -0.313 e. The lowest BCUT2D eigenvalue weighted by atomic mass is 9.75. The molecule has 2 rings (SSSR count). The Morgan fingerprint density at radius 1 is 1.16 bits per heavy atom. The fourth-order valence-electron chi connectivity index (χ4n) is 3.67. The van der Waals surface area contributed by atoms with Crippen molar-refractivity contribution in [2.75, 3.05) is 7.05 Å². The van der Waals surface area contributed by atoms with Crippen LogP contribution in [0.4, 0.5) is 0 Å². The van der Waals surface area contributed by atoms with Crippen molar-refractivity contribution in [2.45, 2.75) is 58.9 Å². The van der Waals surface area contributed by atoms with Crippen LogP contribution in [0.1, 0.15) is 61.8 Å². The quantitative estimate of drug-likeness (QED) is 0.820. The normalized spacial score (nSPS) is 25.3. The summed E-state index contributed by atoms with van der Waals surface area (Å²) < 4.78 is 0. The van der Waals surface area contributed by atoms with E-state index in [-0.39, 0.29) is 0 Å². The molecule has 106 valence electrons. The molecule has 0 bridgehead atoms. The van der Waals surface area contributed by atoms with Gasteiger partial charge in [0.25, 0.3) is 0 Å². The van der Waals surface area contributed by atoms with Crippen molar-refractivity contribution in [1.82, 2.24) is 5.32 Å². The van der Waals surface area contributed by atoms with Crippen LogP contribution in [0, 0.1) is 25.7 Å². The Kier molecular flexibility index (Phi) is 5.04. The van der Waals surface area contributed by atoms with Gasteiger partial charge in [-0.1, -0.05) is 49.9 Å². The maximum Gasteiger partial charge on any atom is 0.0348 e. The summed E-state index contributed by atoms with van der Waals surface area (Å²) in [5, 5.41) is 3.59. The summed E-state index contributed by atoms with van der Waals surface area (Å²) in [6.07, 6.45) is 6.98. The monoisotopic (exact) mass is 259 g/mol. The Morgan fingerprint density at radius 3 is 2.42 bits per heavy atom. The third-order valence-corrected chi connectivity index (χ3v) is 5.02. The predicted molar refractivity (Wildman–Crippen MR) is 83.5 cm³/mol. The van der Waals surface area contributed by atoms with Gasteiger partial charge in [-0.15, -0.1) is 0 Å². The predicted octanol–water partition coefficient (Wildman–Crippen LogP) is 4.78. The first-order chi connectivity index (χ1) is 9.15. The van der Waals surface area contributed by atoms with E-state index in [0.717, 1.165) is 11.8 Å². The highest BCUT2D eigenvalue weighted by atomic mass is 14.9. The SMILES string of the molecule is CCC1CCC(C(NC)c2cc(C)ccc2C)CC1. The van der Waals surface area contributed by atoms with E-state index in [4.69, 9.17) is 0 Å². The van der Waals surface area contributed by atoms with Crippen LogP contribution < -0.4 is 5.32 Å². The number of benzene rings is 1. The van der Waals surface area contributed by atoms with Crippen molar-refractivity contribution in [2.24, 2.45) is 11.8 Å². The molecule has 1 atom stereocenters. The van der Waals surface area contributed by atoms with Gasteiger partial charge >= 0.3 is 0 Å². The molecule has 1 aromatic rings. The van der Waals surface area contributed by atoms with Gasteiger partial charge in [-0.2, -0.15) is 0 Å². The van der Waals surface area contributed by atoms with Gasteiger partial charge in [-0.25, -0.2) is 0 Å². The van der Waals surface area contributed by atoms with Gasteiger partial charge in [-0.3, -0.25) is 0 Å². The fraction of sp³-hybridized carbons (Fsp3) is 0.667. The molecule has 0 spiro atoms. The van der Waals surface area contributed by atoms with Gasteiger partial charge < -0.3 is 5.32 Å². The van der Waals surface area contributed by atoms with E-state index in [9.17, 15) is 0 Å². The van der Waals surface area contributed by atoms with Gasteiger partial charge in [0.2, 0.25) is 0 Å². The van der Waals surface area contributed by atoms with Crippen LogP contribution in [0.3, 0.4) is 0 Å². The summed E-state index contributed by atoms with van der Waals surface area (Å²) in [6, 6.07) is 7.41. The van der Waals surface area contributed by atoms with E-state index in [1.54, 1.807) is 0 Å². The minimum absolute atomic E-state index is 0.540. The Bertz CT molecular complexity index is 402. The van der Waals surface area contributed by atoms with E-state index < -0.39 is 0 Å². The molecule has 0 radical (unpaired) electrons. The number of hydrogen-bond acceptors (Lipinski definition) is 1. The number of rotatable bonds is 4. The second-order valence-electron chi connectivity index (χ2n) is 6.32. The molecule has 1 heteroatoms. The summed E-state index contributed by atoms with van der Waals surface area (Å²) >= 11 is 0. The average Bonchev–Trinajstić information content (AvgIpc) is 2.44. The highest BCUT2D eigenvalue weighted by molar-refractivity contribution is 5.33. The Balaban J connectivity index is 2.14. The molecular formula is C18H29N. The molecule has 1 nitrogen and oxygen atoms in total. The first-order valence-corrected chi connectivity index (χ1v) is 7.90. The van der Waals surface area contributed by atoms with Gasteiger partial charge in [0.15, 0.2) is 0 Å². The molecule has 0 heterocycles. The van der Waals surface area contributed by atoms with E-state index in [2.05, 4.69) is 51.3 Å². The maximum absolute atomic E-state index is 3.59. The first kappa shape index (κ1) is 14.6. The molecule has 0 amide bonds. The second kappa shape index (κ2) is 6.56. The maximum atomic E-state index is 3.59. The third-order valence-electron chi connectivity index (χ3n) is 5.02. The molecule has 1 aromatic carbocycles. The van der Waals surface area contributed by atoms with E-state index in [1.807, 2.05) is 0 Å². The molecule has 0 saturated heterocycles. The van der Waals surface area contributed by atoms with Gasteiger partial charge in [0.1, 0.15) is 0 Å². The summed E-state index contributed by atoms with van der Waals surface area (Å²) in [5.74, 6) is 1.79. The smallest absolute Gasteiger partial charge is 0.0348 e. The number of hydrogen-bond donors (Lipinski definition) is 1. The molecule has 1 fully saturated rings. The van der Waals surface area contributed by atoms with Crippen molar-refractivity contribution in [1.29, 1.82) is 0 Å². The lowest BCUT2D eigenvalue weighted by molar-refractivity contribution is 0.224. The van der Waals surface area contributed by atoms with Crippen LogP contribution in [-0.4, -0.2) is 7.05 Å². The Morgan fingerprint density at radius 2 is 1.84 bits per heavy atom. The van der Waals surface area contributed by atoms with E-state index in [1.165, 1.54) is 48.8 Å². The molecular weight excluding hydrogens is 230 g/mol. The fourth-order valence-corrected chi connectivity index (χ4v) is 3.67. The summed E-state index contributed by atoms with van der Waals surface area (Å²) in [7, 11) is 2.12. The zero-order valence-electron chi connectivity index (χ0n) is 13.0. The van der Waals surface area contributed by atoms with Gasteiger partial charge in [0.05, 0.1) is 0 Å². The first-order valence-electron chi connectivity index (χ1n) is 7.90. The number of aryl methyl sites for hydroxylation is 2. The highest BCUT2D eigenvalue weighted by Crippen LogP contribution is 2.38. The van der Waals surface area contributed by atoms with Crippen LogP contribution in [0.2, 0.25) is 0 Å². The minimum atomic E-state index is 0.540. The van der Waals surface area contributed by atoms with Crippen LogP contribution in [-0.2, 0) is 0 Å². The van der Waals surface area contributed by atoms with Crippen molar-refractivity contribution in [3.05, 3.63) is 34.9 Å².